The molecular formula is C29H38ClF2N3O4. The zero-order chi connectivity index (χ0) is 28.2. The lowest BCUT2D eigenvalue weighted by molar-refractivity contribution is -0.0573. The molecule has 10 heteroatoms. The molecule has 4 atom stereocenters. The summed E-state index contributed by atoms with van der Waals surface area (Å²) in [4.78, 5) is 16.8. The summed E-state index contributed by atoms with van der Waals surface area (Å²) < 4.78 is 35.8. The Labute approximate surface area is 233 Å². The van der Waals surface area contributed by atoms with Crippen LogP contribution in [0.3, 0.4) is 0 Å². The van der Waals surface area contributed by atoms with Crippen molar-refractivity contribution in [3.63, 3.8) is 0 Å². The number of likely N-dealkylation sites (tertiary alicyclic amines) is 2. The summed E-state index contributed by atoms with van der Waals surface area (Å²) in [6, 6.07) is 8.43. The monoisotopic (exact) mass is 565 g/mol. The van der Waals surface area contributed by atoms with E-state index in [9.17, 15) is 15.0 Å². The summed E-state index contributed by atoms with van der Waals surface area (Å²) in [6.07, 6.45) is 2.16. The molecule has 2 aromatic carbocycles. The maximum absolute atomic E-state index is 15.5. The second kappa shape index (κ2) is 12.9. The average Bonchev–Trinajstić information content (AvgIpc) is 3.32. The SMILES string of the molecule is CN[C@@H]1CN(C(=O)N2CCC[C@@H]([C@@](O)(CCCCOC)c3cccc(F)c3-c3cccc(Cl)c3F)C2)C[C@@H]1O. The molecule has 2 aliphatic heterocycles. The third kappa shape index (κ3) is 6.23. The maximum atomic E-state index is 15.5. The Morgan fingerprint density at radius 1 is 1.15 bits per heavy atom. The minimum Gasteiger partial charge on any atom is -0.390 e. The first-order chi connectivity index (χ1) is 18.7. The lowest BCUT2D eigenvalue weighted by atomic mass is 9.72. The van der Waals surface area contributed by atoms with E-state index in [-0.39, 0.29) is 53.3 Å². The predicted molar refractivity (Wildman–Crippen MR) is 147 cm³/mol. The highest BCUT2D eigenvalue weighted by molar-refractivity contribution is 6.31. The Hall–Kier alpha value is -2.30. The van der Waals surface area contributed by atoms with Crippen LogP contribution in [-0.2, 0) is 10.3 Å². The number of carbonyl (C=O) groups excluding carboxylic acids is 1. The Morgan fingerprint density at radius 3 is 2.64 bits per heavy atom. The molecule has 39 heavy (non-hydrogen) atoms. The molecule has 0 aliphatic carbocycles. The normalized spacial score (nSPS) is 23.2. The lowest BCUT2D eigenvalue weighted by Crippen LogP contribution is -2.52. The van der Waals surface area contributed by atoms with Gasteiger partial charge in [-0.1, -0.05) is 35.9 Å². The van der Waals surface area contributed by atoms with Gasteiger partial charge in [0.05, 0.1) is 22.8 Å². The number of halogens is 3. The molecule has 2 saturated heterocycles. The molecule has 0 unspecified atom stereocenters. The van der Waals surface area contributed by atoms with Crippen molar-refractivity contribution < 1.29 is 28.5 Å². The smallest absolute Gasteiger partial charge is 0.320 e. The van der Waals surface area contributed by atoms with Crippen molar-refractivity contribution in [1.82, 2.24) is 15.1 Å². The van der Waals surface area contributed by atoms with Gasteiger partial charge in [0, 0.05) is 56.9 Å². The third-order valence-electron chi connectivity index (χ3n) is 8.15. The molecule has 0 saturated carbocycles. The van der Waals surface area contributed by atoms with Crippen LogP contribution in [-0.4, -0.2) is 85.1 Å². The van der Waals surface area contributed by atoms with Crippen LogP contribution >= 0.6 is 11.6 Å². The van der Waals surface area contributed by atoms with E-state index in [2.05, 4.69) is 5.32 Å². The van der Waals surface area contributed by atoms with Gasteiger partial charge in [-0.15, -0.1) is 0 Å². The van der Waals surface area contributed by atoms with Gasteiger partial charge in [-0.25, -0.2) is 13.6 Å². The number of hydrogen-bond acceptors (Lipinski definition) is 5. The average molecular weight is 566 g/mol. The fourth-order valence-electron chi connectivity index (χ4n) is 6.02. The van der Waals surface area contributed by atoms with Crippen molar-refractivity contribution in [2.75, 3.05) is 46.9 Å². The number of nitrogens with zero attached hydrogens (tertiary/aromatic N) is 2. The summed E-state index contributed by atoms with van der Waals surface area (Å²) in [5.74, 6) is -1.83. The van der Waals surface area contributed by atoms with Crippen molar-refractivity contribution in [2.24, 2.45) is 5.92 Å². The van der Waals surface area contributed by atoms with E-state index in [0.29, 0.717) is 45.4 Å². The number of nitrogens with one attached hydrogen (secondary N) is 1. The number of likely N-dealkylation sites (N-methyl/N-ethyl adjacent to an activating group) is 1. The van der Waals surface area contributed by atoms with Gasteiger partial charge in [0.2, 0.25) is 0 Å². The standard InChI is InChI=1S/C29H38ClF2N3O4/c1-33-24-17-35(18-25(24)36)28(37)34-14-7-8-19(16-34)29(38,13-3-4-15-39-2)21-10-6-12-23(31)26(21)20-9-5-11-22(30)27(20)32/h5-6,9-12,19,24-25,33,36,38H,3-4,7-8,13-18H2,1-2H3/t19-,24-,25+,29+/m1/s1. The molecule has 0 aromatic heterocycles. The first-order valence-corrected chi connectivity index (χ1v) is 13.9. The van der Waals surface area contributed by atoms with Gasteiger partial charge in [-0.3, -0.25) is 0 Å². The van der Waals surface area contributed by atoms with Crippen LogP contribution < -0.4 is 5.32 Å². The number of methoxy groups -OCH3 is 1. The van der Waals surface area contributed by atoms with Gasteiger partial charge in [0.25, 0.3) is 0 Å². The minimum absolute atomic E-state index is 0.0150. The number of unbranched alkanes of at least 4 members (excludes halogenated alkanes) is 1. The number of aliphatic hydroxyl groups excluding tert-OH is 1. The number of carbonyl (C=O) groups is 1. The zero-order valence-electron chi connectivity index (χ0n) is 22.5. The summed E-state index contributed by atoms with van der Waals surface area (Å²) in [5.41, 5.74) is -1.29. The molecule has 4 rings (SSSR count). The molecule has 2 aromatic rings. The van der Waals surface area contributed by atoms with Crippen LogP contribution in [0.2, 0.25) is 5.02 Å². The van der Waals surface area contributed by atoms with E-state index >= 15 is 8.78 Å². The number of urea groups is 1. The fourth-order valence-corrected chi connectivity index (χ4v) is 6.20. The van der Waals surface area contributed by atoms with Gasteiger partial charge in [0.15, 0.2) is 0 Å². The van der Waals surface area contributed by atoms with Crippen LogP contribution in [0.5, 0.6) is 0 Å². The van der Waals surface area contributed by atoms with Crippen LogP contribution in [0, 0.1) is 17.6 Å². The number of piperidine rings is 1. The number of ether oxygens (including phenoxy) is 1. The highest BCUT2D eigenvalue weighted by Gasteiger charge is 2.44. The van der Waals surface area contributed by atoms with Gasteiger partial charge < -0.3 is 30.1 Å². The summed E-state index contributed by atoms with van der Waals surface area (Å²) in [5, 5.41) is 25.6. The quantitative estimate of drug-likeness (QED) is 0.393. The molecule has 3 N–H and O–H groups in total. The van der Waals surface area contributed by atoms with Crippen molar-refractivity contribution in [1.29, 1.82) is 0 Å². The summed E-state index contributed by atoms with van der Waals surface area (Å²) in [7, 11) is 3.36. The Bertz CT molecular complexity index is 1160. The number of benzene rings is 2. The zero-order valence-corrected chi connectivity index (χ0v) is 23.3. The van der Waals surface area contributed by atoms with E-state index in [4.69, 9.17) is 16.3 Å². The van der Waals surface area contributed by atoms with Crippen LogP contribution in [0.25, 0.3) is 11.1 Å². The lowest BCUT2D eigenvalue weighted by Gasteiger charge is -2.44. The van der Waals surface area contributed by atoms with E-state index < -0.39 is 29.3 Å². The summed E-state index contributed by atoms with van der Waals surface area (Å²) >= 11 is 6.05. The molecule has 0 spiro atoms. The maximum Gasteiger partial charge on any atom is 0.320 e. The molecule has 0 bridgehead atoms. The molecule has 2 fully saturated rings. The molecule has 2 aliphatic rings. The second-order valence-electron chi connectivity index (χ2n) is 10.6. The van der Waals surface area contributed by atoms with Gasteiger partial charge in [-0.05, 0) is 56.8 Å². The highest BCUT2D eigenvalue weighted by atomic mass is 35.5. The Kier molecular flexibility index (Phi) is 9.82. The van der Waals surface area contributed by atoms with Crippen molar-refractivity contribution in [2.45, 2.75) is 49.9 Å². The van der Waals surface area contributed by atoms with Gasteiger partial charge in [-0.2, -0.15) is 0 Å². The fraction of sp³-hybridized carbons (Fsp3) is 0.552. The van der Waals surface area contributed by atoms with Crippen molar-refractivity contribution >= 4 is 17.6 Å². The van der Waals surface area contributed by atoms with Crippen LogP contribution in [0.1, 0.15) is 37.7 Å². The van der Waals surface area contributed by atoms with Gasteiger partial charge in [0.1, 0.15) is 11.6 Å². The van der Waals surface area contributed by atoms with Crippen molar-refractivity contribution in [3.05, 3.63) is 58.6 Å². The first kappa shape index (κ1) is 29.7. The number of β-amino-alcohol motifs (C(OH)–C–C–N with tert-alkyl or cyclic N) is 1. The number of amides is 2. The molecule has 2 amide bonds. The molecular weight excluding hydrogens is 528 g/mol. The number of aliphatic hydroxyl groups is 2. The molecule has 7 nitrogen and oxygen atoms in total. The van der Waals surface area contributed by atoms with E-state index in [1.807, 2.05) is 0 Å². The van der Waals surface area contributed by atoms with E-state index in [1.165, 1.54) is 24.3 Å². The Balaban J connectivity index is 1.70. The topological polar surface area (TPSA) is 85.3 Å². The van der Waals surface area contributed by atoms with E-state index in [0.717, 1.165) is 0 Å². The Morgan fingerprint density at radius 2 is 1.92 bits per heavy atom. The molecule has 2 heterocycles. The van der Waals surface area contributed by atoms with Gasteiger partial charge >= 0.3 is 6.03 Å². The number of rotatable bonds is 9. The first-order valence-electron chi connectivity index (χ1n) is 13.5. The van der Waals surface area contributed by atoms with Crippen LogP contribution in [0.15, 0.2) is 36.4 Å². The summed E-state index contributed by atoms with van der Waals surface area (Å²) in [6.45, 7) is 1.90. The van der Waals surface area contributed by atoms with Crippen molar-refractivity contribution in [3.8, 4) is 11.1 Å². The second-order valence-corrected chi connectivity index (χ2v) is 11.0. The molecule has 214 valence electrons. The predicted octanol–water partition coefficient (Wildman–Crippen LogP) is 4.39. The third-order valence-corrected chi connectivity index (χ3v) is 8.45. The highest BCUT2D eigenvalue weighted by Crippen LogP contribution is 2.45. The van der Waals surface area contributed by atoms with Crippen LogP contribution in [0.4, 0.5) is 13.6 Å². The van der Waals surface area contributed by atoms with E-state index in [1.54, 1.807) is 36.1 Å². The number of hydrogen-bond donors (Lipinski definition) is 3. The minimum atomic E-state index is -1.54. The molecule has 0 radical (unpaired) electrons. The largest absolute Gasteiger partial charge is 0.390 e.